The SMILES string of the molecule is COCOC(C)(C)C/C=C/[C@@H](C)C1CCC2/C(=C/C=C3C[C@@H](O[Si](C)(C)C(C)(C)C)C(=CC#N)[C@H](O[Si](C)(C)C(C)(C)C)C3)CCCC21C. The van der Waals surface area contributed by atoms with Crippen molar-refractivity contribution < 1.29 is 18.3 Å². The molecule has 0 heterocycles. The highest BCUT2D eigenvalue weighted by Crippen LogP contribution is 2.59. The maximum absolute atomic E-state index is 9.94. The second-order valence-corrected chi connectivity index (χ2v) is 28.9. The molecule has 0 bridgehead atoms. The number of ether oxygens (including phenoxy) is 2. The summed E-state index contributed by atoms with van der Waals surface area (Å²) >= 11 is 0. The van der Waals surface area contributed by atoms with Crippen molar-refractivity contribution in [2.45, 2.75) is 175 Å². The van der Waals surface area contributed by atoms with Gasteiger partial charge in [0.15, 0.2) is 16.6 Å². The molecule has 0 aromatic heterocycles. The number of fused-ring (bicyclic) bond motifs is 1. The highest BCUT2D eigenvalue weighted by Gasteiger charge is 2.50. The van der Waals surface area contributed by atoms with Gasteiger partial charge in [-0.25, -0.2) is 0 Å². The van der Waals surface area contributed by atoms with Crippen molar-refractivity contribution in [3.63, 3.8) is 0 Å². The molecule has 6 atom stereocenters. The Hall–Kier alpha value is -1.28. The quantitative estimate of drug-likeness (QED) is 0.0873. The van der Waals surface area contributed by atoms with Gasteiger partial charge in [-0.15, -0.1) is 0 Å². The number of nitrogens with zero attached hydrogens (tertiary/aromatic N) is 1. The molecule has 49 heavy (non-hydrogen) atoms. The van der Waals surface area contributed by atoms with E-state index in [0.717, 1.165) is 24.8 Å². The van der Waals surface area contributed by atoms with Crippen LogP contribution in [0, 0.1) is 34.5 Å². The zero-order valence-corrected chi connectivity index (χ0v) is 36.2. The lowest BCUT2D eigenvalue weighted by atomic mass is 9.61. The molecule has 0 spiro atoms. The van der Waals surface area contributed by atoms with E-state index in [0.29, 0.717) is 30.0 Å². The molecule has 3 rings (SSSR count). The monoisotopic (exact) mass is 712 g/mol. The van der Waals surface area contributed by atoms with E-state index in [1.807, 2.05) is 0 Å². The van der Waals surface area contributed by atoms with E-state index < -0.39 is 16.6 Å². The molecule has 5 nitrogen and oxygen atoms in total. The first-order valence-corrected chi connectivity index (χ1v) is 24.9. The van der Waals surface area contributed by atoms with Crippen LogP contribution < -0.4 is 0 Å². The number of nitriles is 1. The standard InChI is InChI=1S/C42H73NO4Si2/c1-31(18-16-25-41(8,9)45-30-44-11)35-22-23-36-33(19-17-26-42(35,36)10)21-20-32-28-37(46-48(12,13)39(2,3)4)34(24-27-43)38(29-32)47-49(14,15)40(5,6)7/h16,18,20-21,24,31,35-38H,17,19,22-23,25-26,28-30H2,1-15H3/b18-16+,32-20?,33-21+,34-24?/t31-,35?,36?,37-,38-,42?/m1/s1. The summed E-state index contributed by atoms with van der Waals surface area (Å²) in [6.45, 7) is 32.7. The van der Waals surface area contributed by atoms with Crippen LogP contribution in [0.2, 0.25) is 36.3 Å². The molecule has 0 aromatic rings. The minimum atomic E-state index is -2.10. The maximum Gasteiger partial charge on any atom is 0.192 e. The highest BCUT2D eigenvalue weighted by molar-refractivity contribution is 6.74. The molecule has 3 fully saturated rings. The third-order valence-corrected chi connectivity index (χ3v) is 22.2. The largest absolute Gasteiger partial charge is 0.410 e. The highest BCUT2D eigenvalue weighted by atomic mass is 28.4. The fourth-order valence-corrected chi connectivity index (χ4v) is 10.6. The Morgan fingerprint density at radius 2 is 1.49 bits per heavy atom. The molecule has 278 valence electrons. The molecule has 3 unspecified atom stereocenters. The van der Waals surface area contributed by atoms with Gasteiger partial charge in [0, 0.05) is 13.2 Å². The summed E-state index contributed by atoms with van der Waals surface area (Å²) in [6, 6.07) is 2.38. The van der Waals surface area contributed by atoms with Crippen LogP contribution in [0.3, 0.4) is 0 Å². The second kappa shape index (κ2) is 16.2. The van der Waals surface area contributed by atoms with Gasteiger partial charge in [0.05, 0.1) is 23.9 Å². The molecule has 3 aliphatic carbocycles. The van der Waals surface area contributed by atoms with E-state index >= 15 is 0 Å². The topological polar surface area (TPSA) is 60.7 Å². The van der Waals surface area contributed by atoms with Crippen molar-refractivity contribution in [2.24, 2.45) is 23.2 Å². The van der Waals surface area contributed by atoms with E-state index in [9.17, 15) is 5.26 Å². The van der Waals surface area contributed by atoms with Crippen molar-refractivity contribution >= 4 is 16.6 Å². The Bertz CT molecular complexity index is 1250. The van der Waals surface area contributed by atoms with Gasteiger partial charge in [0.2, 0.25) is 0 Å². The molecule has 3 saturated carbocycles. The second-order valence-electron chi connectivity index (χ2n) is 19.4. The van der Waals surface area contributed by atoms with E-state index in [1.165, 1.54) is 37.7 Å². The zero-order valence-electron chi connectivity index (χ0n) is 34.2. The average Bonchev–Trinajstić information content (AvgIpc) is 3.32. The first-order chi connectivity index (χ1) is 22.5. The van der Waals surface area contributed by atoms with Gasteiger partial charge in [-0.05, 0) is 130 Å². The van der Waals surface area contributed by atoms with E-state index in [4.69, 9.17) is 18.3 Å². The first kappa shape index (κ1) is 42.1. The van der Waals surface area contributed by atoms with Gasteiger partial charge in [0.1, 0.15) is 6.79 Å². The van der Waals surface area contributed by atoms with E-state index in [1.54, 1.807) is 18.8 Å². The smallest absolute Gasteiger partial charge is 0.192 e. The molecule has 0 amide bonds. The third-order valence-electron chi connectivity index (χ3n) is 13.2. The van der Waals surface area contributed by atoms with E-state index in [2.05, 4.69) is 126 Å². The molecule has 0 N–H and O–H groups in total. The van der Waals surface area contributed by atoms with Gasteiger partial charge in [0.25, 0.3) is 0 Å². The van der Waals surface area contributed by atoms with Gasteiger partial charge in [-0.3, -0.25) is 0 Å². The summed E-state index contributed by atoms with van der Waals surface area (Å²) in [4.78, 5) is 0. The van der Waals surface area contributed by atoms with Crippen molar-refractivity contribution in [1.82, 2.24) is 0 Å². The molecule has 3 aliphatic rings. The minimum absolute atomic E-state index is 0.0791. The molecule has 0 aromatic carbocycles. The maximum atomic E-state index is 9.94. The van der Waals surface area contributed by atoms with E-state index in [-0.39, 0.29) is 27.9 Å². The van der Waals surface area contributed by atoms with Crippen LogP contribution in [0.15, 0.2) is 47.1 Å². The third kappa shape index (κ3) is 10.4. The zero-order chi connectivity index (χ0) is 37.1. The lowest BCUT2D eigenvalue weighted by Gasteiger charge is -2.46. The molecule has 7 heteroatoms. The first-order valence-electron chi connectivity index (χ1n) is 19.1. The lowest BCUT2D eigenvalue weighted by Crippen LogP contribution is -2.50. The van der Waals surface area contributed by atoms with Crippen LogP contribution in [0.25, 0.3) is 0 Å². The van der Waals surface area contributed by atoms with Gasteiger partial charge in [-0.1, -0.05) is 90.8 Å². The fraction of sp³-hybridized carbons (Fsp3) is 0.786. The Balaban J connectivity index is 1.90. The fourth-order valence-electron chi connectivity index (χ4n) is 8.03. The van der Waals surface area contributed by atoms with Crippen LogP contribution in [0.5, 0.6) is 0 Å². The lowest BCUT2D eigenvalue weighted by molar-refractivity contribution is -0.112. The Labute approximate surface area is 304 Å². The van der Waals surface area contributed by atoms with Crippen LogP contribution in [-0.2, 0) is 18.3 Å². The Morgan fingerprint density at radius 1 is 0.918 bits per heavy atom. The van der Waals surface area contributed by atoms with Crippen molar-refractivity contribution in [3.05, 3.63) is 47.1 Å². The number of hydrogen-bond donors (Lipinski definition) is 0. The normalized spacial score (nSPS) is 28.9. The molecule has 0 radical (unpaired) electrons. The molecule has 0 saturated heterocycles. The summed E-state index contributed by atoms with van der Waals surface area (Å²) in [7, 11) is -2.52. The number of hydrogen-bond acceptors (Lipinski definition) is 5. The Morgan fingerprint density at radius 3 is 2.00 bits per heavy atom. The van der Waals surface area contributed by atoms with Crippen LogP contribution in [-0.4, -0.2) is 48.3 Å². The van der Waals surface area contributed by atoms with Gasteiger partial charge >= 0.3 is 0 Å². The molecular formula is C42H73NO4Si2. The van der Waals surface area contributed by atoms with Crippen molar-refractivity contribution in [2.75, 3.05) is 13.9 Å². The van der Waals surface area contributed by atoms with Crippen LogP contribution in [0.1, 0.15) is 121 Å². The minimum Gasteiger partial charge on any atom is -0.410 e. The number of allylic oxidation sites excluding steroid dienone is 5. The van der Waals surface area contributed by atoms with Gasteiger partial charge in [-0.2, -0.15) is 5.26 Å². The number of rotatable bonds is 12. The predicted molar refractivity (Wildman–Crippen MR) is 211 cm³/mol. The molecular weight excluding hydrogens is 639 g/mol. The summed E-state index contributed by atoms with van der Waals surface area (Å²) in [6.07, 6.45) is 20.1. The number of methoxy groups -OCH3 is 1. The van der Waals surface area contributed by atoms with Crippen molar-refractivity contribution in [1.29, 1.82) is 5.26 Å². The van der Waals surface area contributed by atoms with Gasteiger partial charge < -0.3 is 18.3 Å². The summed E-state index contributed by atoms with van der Waals surface area (Å²) in [5.74, 6) is 1.86. The summed E-state index contributed by atoms with van der Waals surface area (Å²) < 4.78 is 25.3. The summed E-state index contributed by atoms with van der Waals surface area (Å²) in [5.41, 5.74) is 4.17. The average molecular weight is 712 g/mol. The molecule has 0 aliphatic heterocycles. The van der Waals surface area contributed by atoms with Crippen molar-refractivity contribution in [3.8, 4) is 6.07 Å². The van der Waals surface area contributed by atoms with Crippen LogP contribution in [0.4, 0.5) is 0 Å². The Kier molecular flexibility index (Phi) is 13.9. The predicted octanol–water partition coefficient (Wildman–Crippen LogP) is 12.1. The summed E-state index contributed by atoms with van der Waals surface area (Å²) in [5, 5.41) is 10.1. The van der Waals surface area contributed by atoms with Crippen LogP contribution >= 0.6 is 0 Å².